The molecule has 1 saturated heterocycles. The van der Waals surface area contributed by atoms with Crippen molar-refractivity contribution in [3.8, 4) is 0 Å². The van der Waals surface area contributed by atoms with Crippen molar-refractivity contribution in [3.05, 3.63) is 24.0 Å². The Balaban J connectivity index is 1.71. The zero-order valence-corrected chi connectivity index (χ0v) is 9.70. The first kappa shape index (κ1) is 11.2. The van der Waals surface area contributed by atoms with Crippen LogP contribution >= 0.6 is 0 Å². The molecule has 4 nitrogen and oxygen atoms in total. The van der Waals surface area contributed by atoms with E-state index in [1.807, 2.05) is 30.1 Å². The first-order valence-electron chi connectivity index (χ1n) is 5.82. The molecule has 2 N–H and O–H groups in total. The number of carbonyl (C=O) groups is 1. The predicted octanol–water partition coefficient (Wildman–Crippen LogP) is 0.641. The van der Waals surface area contributed by atoms with E-state index < -0.39 is 0 Å². The third-order valence-electron chi connectivity index (χ3n) is 3.02. The molecule has 88 valence electrons. The maximum atomic E-state index is 11.6. The lowest BCUT2D eigenvalue weighted by Crippen LogP contribution is -2.25. The van der Waals surface area contributed by atoms with Gasteiger partial charge in [-0.3, -0.25) is 4.79 Å². The van der Waals surface area contributed by atoms with Crippen LogP contribution in [-0.2, 0) is 18.4 Å². The second kappa shape index (κ2) is 5.16. The zero-order valence-electron chi connectivity index (χ0n) is 9.70. The van der Waals surface area contributed by atoms with Gasteiger partial charge < -0.3 is 15.2 Å². The van der Waals surface area contributed by atoms with Crippen molar-refractivity contribution in [1.29, 1.82) is 0 Å². The number of aryl methyl sites for hydroxylation is 1. The molecule has 0 bridgehead atoms. The molecule has 1 fully saturated rings. The Morgan fingerprint density at radius 1 is 1.69 bits per heavy atom. The van der Waals surface area contributed by atoms with E-state index in [0.29, 0.717) is 18.9 Å². The van der Waals surface area contributed by atoms with E-state index in [9.17, 15) is 4.79 Å². The highest BCUT2D eigenvalue weighted by Crippen LogP contribution is 2.11. The van der Waals surface area contributed by atoms with Crippen LogP contribution in [0.3, 0.4) is 0 Å². The second-order valence-corrected chi connectivity index (χ2v) is 4.52. The van der Waals surface area contributed by atoms with Gasteiger partial charge in [-0.05, 0) is 37.1 Å². The maximum absolute atomic E-state index is 11.6. The molecule has 0 radical (unpaired) electrons. The van der Waals surface area contributed by atoms with Crippen molar-refractivity contribution >= 4 is 5.91 Å². The number of carbonyl (C=O) groups excluding carboxylic acids is 1. The summed E-state index contributed by atoms with van der Waals surface area (Å²) in [5.74, 6) is 0.688. The van der Waals surface area contributed by atoms with E-state index in [1.54, 1.807) is 0 Å². The average molecular weight is 221 g/mol. The fourth-order valence-electron chi connectivity index (χ4n) is 2.09. The van der Waals surface area contributed by atoms with Crippen LogP contribution in [0.2, 0.25) is 0 Å². The van der Waals surface area contributed by atoms with Crippen LogP contribution in [0.4, 0.5) is 0 Å². The molecule has 2 heterocycles. The van der Waals surface area contributed by atoms with Gasteiger partial charge in [-0.15, -0.1) is 0 Å². The molecule has 0 aliphatic carbocycles. The zero-order chi connectivity index (χ0) is 11.4. The first-order chi connectivity index (χ1) is 7.74. The normalized spacial score (nSPS) is 19.9. The SMILES string of the molecule is Cn1ccc(CNC(=O)CC2CCNC2)c1. The minimum Gasteiger partial charge on any atom is -0.357 e. The van der Waals surface area contributed by atoms with Crippen LogP contribution in [0.25, 0.3) is 0 Å². The van der Waals surface area contributed by atoms with Crippen molar-refractivity contribution in [2.75, 3.05) is 13.1 Å². The molecule has 1 aliphatic rings. The molecule has 0 saturated carbocycles. The van der Waals surface area contributed by atoms with Gasteiger partial charge in [0.15, 0.2) is 0 Å². The average Bonchev–Trinajstić information content (AvgIpc) is 2.87. The Labute approximate surface area is 96.0 Å². The molecule has 4 heteroatoms. The second-order valence-electron chi connectivity index (χ2n) is 4.52. The number of hydrogen-bond donors (Lipinski definition) is 2. The van der Waals surface area contributed by atoms with Crippen molar-refractivity contribution in [1.82, 2.24) is 15.2 Å². The lowest BCUT2D eigenvalue weighted by molar-refractivity contribution is -0.122. The van der Waals surface area contributed by atoms with E-state index in [1.165, 1.54) is 0 Å². The molecule has 1 unspecified atom stereocenters. The Bertz CT molecular complexity index is 353. The number of nitrogens with one attached hydrogen (secondary N) is 2. The largest absolute Gasteiger partial charge is 0.357 e. The van der Waals surface area contributed by atoms with E-state index in [-0.39, 0.29) is 5.91 Å². The molecule has 1 amide bonds. The number of nitrogens with zero attached hydrogens (tertiary/aromatic N) is 1. The lowest BCUT2D eigenvalue weighted by Gasteiger charge is -2.08. The number of amides is 1. The van der Waals surface area contributed by atoms with Crippen molar-refractivity contribution < 1.29 is 4.79 Å². The third kappa shape index (κ3) is 3.10. The summed E-state index contributed by atoms with van der Waals surface area (Å²) in [7, 11) is 1.98. The molecule has 1 atom stereocenters. The van der Waals surface area contributed by atoms with E-state index >= 15 is 0 Å². The fourth-order valence-corrected chi connectivity index (χ4v) is 2.09. The number of aromatic nitrogens is 1. The smallest absolute Gasteiger partial charge is 0.220 e. The Kier molecular flexibility index (Phi) is 3.62. The van der Waals surface area contributed by atoms with Crippen LogP contribution in [0.1, 0.15) is 18.4 Å². The molecular weight excluding hydrogens is 202 g/mol. The highest BCUT2D eigenvalue weighted by Gasteiger charge is 2.17. The quantitative estimate of drug-likeness (QED) is 0.784. The van der Waals surface area contributed by atoms with Gasteiger partial charge in [0.25, 0.3) is 0 Å². The van der Waals surface area contributed by atoms with Crippen LogP contribution in [0, 0.1) is 5.92 Å². The molecule has 16 heavy (non-hydrogen) atoms. The summed E-state index contributed by atoms with van der Waals surface area (Å²) in [5.41, 5.74) is 1.15. The summed E-state index contributed by atoms with van der Waals surface area (Å²) in [4.78, 5) is 11.6. The van der Waals surface area contributed by atoms with E-state index in [4.69, 9.17) is 0 Å². The summed E-state index contributed by atoms with van der Waals surface area (Å²) in [5, 5.41) is 6.23. The van der Waals surface area contributed by atoms with E-state index in [2.05, 4.69) is 10.6 Å². The first-order valence-corrected chi connectivity index (χ1v) is 5.82. The minimum absolute atomic E-state index is 0.164. The predicted molar refractivity (Wildman–Crippen MR) is 62.9 cm³/mol. The minimum atomic E-state index is 0.164. The van der Waals surface area contributed by atoms with Gasteiger partial charge in [-0.1, -0.05) is 0 Å². The summed E-state index contributed by atoms with van der Waals surface area (Å²) in [6.45, 7) is 2.68. The molecule has 0 spiro atoms. The summed E-state index contributed by atoms with van der Waals surface area (Å²) >= 11 is 0. The van der Waals surface area contributed by atoms with Crippen LogP contribution in [0.15, 0.2) is 18.5 Å². The fraction of sp³-hybridized carbons (Fsp3) is 0.583. The summed E-state index contributed by atoms with van der Waals surface area (Å²) in [6, 6.07) is 2.03. The van der Waals surface area contributed by atoms with Crippen LogP contribution in [0.5, 0.6) is 0 Å². The molecule has 1 aromatic heterocycles. The molecule has 1 aromatic rings. The maximum Gasteiger partial charge on any atom is 0.220 e. The summed E-state index contributed by atoms with van der Waals surface area (Å²) in [6.07, 6.45) is 5.79. The van der Waals surface area contributed by atoms with Gasteiger partial charge in [-0.2, -0.15) is 0 Å². The van der Waals surface area contributed by atoms with Crippen molar-refractivity contribution in [2.24, 2.45) is 13.0 Å². The highest BCUT2D eigenvalue weighted by atomic mass is 16.1. The van der Waals surface area contributed by atoms with Gasteiger partial charge in [0.1, 0.15) is 0 Å². The van der Waals surface area contributed by atoms with Gasteiger partial charge >= 0.3 is 0 Å². The lowest BCUT2D eigenvalue weighted by atomic mass is 10.0. The van der Waals surface area contributed by atoms with Crippen molar-refractivity contribution in [2.45, 2.75) is 19.4 Å². The van der Waals surface area contributed by atoms with Gasteiger partial charge in [0.2, 0.25) is 5.91 Å². The van der Waals surface area contributed by atoms with Gasteiger partial charge in [-0.25, -0.2) is 0 Å². The van der Waals surface area contributed by atoms with Crippen LogP contribution in [-0.4, -0.2) is 23.6 Å². The third-order valence-corrected chi connectivity index (χ3v) is 3.02. The van der Waals surface area contributed by atoms with E-state index in [0.717, 1.165) is 25.1 Å². The van der Waals surface area contributed by atoms with Gasteiger partial charge in [0.05, 0.1) is 0 Å². The summed E-state index contributed by atoms with van der Waals surface area (Å²) < 4.78 is 1.99. The standard InChI is InChI=1S/C12H19N3O/c1-15-5-3-11(9-15)8-14-12(16)6-10-2-4-13-7-10/h3,5,9-10,13H,2,4,6-8H2,1H3,(H,14,16). The molecule has 0 aromatic carbocycles. The van der Waals surface area contributed by atoms with Crippen LogP contribution < -0.4 is 10.6 Å². The monoisotopic (exact) mass is 221 g/mol. The highest BCUT2D eigenvalue weighted by molar-refractivity contribution is 5.76. The molecule has 1 aliphatic heterocycles. The van der Waals surface area contributed by atoms with Gasteiger partial charge in [0, 0.05) is 32.4 Å². The number of hydrogen-bond acceptors (Lipinski definition) is 2. The Morgan fingerprint density at radius 3 is 3.19 bits per heavy atom. The Hall–Kier alpha value is -1.29. The number of rotatable bonds is 4. The molecular formula is C12H19N3O. The van der Waals surface area contributed by atoms with Crippen molar-refractivity contribution in [3.63, 3.8) is 0 Å². The topological polar surface area (TPSA) is 46.1 Å². The Morgan fingerprint density at radius 2 is 2.56 bits per heavy atom. The molecule has 2 rings (SSSR count).